The Balaban J connectivity index is 2.07. The minimum Gasteiger partial charge on any atom is -0.494 e. The van der Waals surface area contributed by atoms with Gasteiger partial charge in [-0.3, -0.25) is 4.79 Å². The number of nitrogens with zero attached hydrogens (tertiary/aromatic N) is 2. The third kappa shape index (κ3) is 6.44. The van der Waals surface area contributed by atoms with Gasteiger partial charge in [-0.25, -0.2) is 8.42 Å². The quantitative estimate of drug-likeness (QED) is 0.543. The monoisotopic (exact) mass is 413 g/mol. The Kier molecular flexibility index (Phi) is 9.17. The van der Waals surface area contributed by atoms with Crippen molar-refractivity contribution in [1.29, 1.82) is 0 Å². The van der Waals surface area contributed by atoms with Crippen LogP contribution in [-0.2, 0) is 19.6 Å². The fourth-order valence-electron chi connectivity index (χ4n) is 3.05. The second-order valence-electron chi connectivity index (χ2n) is 6.54. The lowest BCUT2D eigenvalue weighted by atomic mass is 10.3. The van der Waals surface area contributed by atoms with Gasteiger partial charge in [0.25, 0.3) is 0 Å². The molecule has 0 aliphatic carbocycles. The largest absolute Gasteiger partial charge is 0.494 e. The molecular formula is C19H31N3O5S. The topological polar surface area (TPSA) is 88.2 Å². The van der Waals surface area contributed by atoms with Gasteiger partial charge in [0.1, 0.15) is 5.75 Å². The molecule has 1 aliphatic rings. The second-order valence-corrected chi connectivity index (χ2v) is 8.47. The number of amides is 1. The van der Waals surface area contributed by atoms with Crippen molar-refractivity contribution in [2.24, 2.45) is 0 Å². The molecule has 1 aromatic carbocycles. The number of sulfonamides is 1. The summed E-state index contributed by atoms with van der Waals surface area (Å²) in [6.45, 7) is 6.17. The maximum absolute atomic E-state index is 13.1. The molecule has 1 aliphatic heterocycles. The minimum absolute atomic E-state index is 0.0138. The lowest BCUT2D eigenvalue weighted by Crippen LogP contribution is -2.47. The number of hydrogen-bond donors (Lipinski definition) is 1. The van der Waals surface area contributed by atoms with Gasteiger partial charge in [-0.1, -0.05) is 0 Å². The van der Waals surface area contributed by atoms with Crippen molar-refractivity contribution in [3.63, 3.8) is 0 Å². The smallest absolute Gasteiger partial charge is 0.243 e. The van der Waals surface area contributed by atoms with Crippen molar-refractivity contribution >= 4 is 15.9 Å². The van der Waals surface area contributed by atoms with Gasteiger partial charge in [0.2, 0.25) is 15.9 Å². The predicted molar refractivity (Wildman–Crippen MR) is 107 cm³/mol. The van der Waals surface area contributed by atoms with E-state index in [2.05, 4.69) is 5.32 Å². The van der Waals surface area contributed by atoms with E-state index in [1.165, 1.54) is 4.31 Å². The minimum atomic E-state index is -3.70. The molecule has 9 heteroatoms. The second kappa shape index (κ2) is 11.4. The Morgan fingerprint density at radius 1 is 1.18 bits per heavy atom. The van der Waals surface area contributed by atoms with E-state index in [-0.39, 0.29) is 23.8 Å². The van der Waals surface area contributed by atoms with Gasteiger partial charge in [0.05, 0.1) is 11.5 Å². The standard InChI is InChI=1S/C19H31N3O5S/c1-3-27-17-5-7-18(8-6-17)28(24,25)22(12-4-16-26-2)13-9-19(23)21-14-10-20-11-15-21/h5-8,20H,3-4,9-16H2,1-2H3. The van der Waals surface area contributed by atoms with Crippen LogP contribution in [-0.4, -0.2) is 83.1 Å². The van der Waals surface area contributed by atoms with E-state index >= 15 is 0 Å². The molecule has 1 aromatic rings. The van der Waals surface area contributed by atoms with E-state index in [9.17, 15) is 13.2 Å². The number of nitrogens with one attached hydrogen (secondary N) is 1. The maximum atomic E-state index is 13.1. The maximum Gasteiger partial charge on any atom is 0.243 e. The molecule has 1 amide bonds. The fraction of sp³-hybridized carbons (Fsp3) is 0.632. The van der Waals surface area contributed by atoms with E-state index in [0.29, 0.717) is 45.0 Å². The highest BCUT2D eigenvalue weighted by atomic mass is 32.2. The highest BCUT2D eigenvalue weighted by Crippen LogP contribution is 2.20. The van der Waals surface area contributed by atoms with Crippen LogP contribution >= 0.6 is 0 Å². The number of piperazine rings is 1. The zero-order valence-electron chi connectivity index (χ0n) is 16.7. The van der Waals surface area contributed by atoms with Crippen molar-refractivity contribution in [2.75, 3.05) is 59.6 Å². The number of benzene rings is 1. The van der Waals surface area contributed by atoms with Crippen molar-refractivity contribution < 1.29 is 22.7 Å². The van der Waals surface area contributed by atoms with Gasteiger partial charge >= 0.3 is 0 Å². The molecule has 8 nitrogen and oxygen atoms in total. The van der Waals surface area contributed by atoms with Crippen LogP contribution in [0.15, 0.2) is 29.2 Å². The first-order chi connectivity index (χ1) is 13.5. The molecule has 158 valence electrons. The van der Waals surface area contributed by atoms with Crippen LogP contribution in [0.4, 0.5) is 0 Å². The van der Waals surface area contributed by atoms with E-state index in [1.807, 2.05) is 6.92 Å². The molecule has 0 unspecified atom stereocenters. The van der Waals surface area contributed by atoms with Crippen LogP contribution in [0.3, 0.4) is 0 Å². The summed E-state index contributed by atoms with van der Waals surface area (Å²) in [6, 6.07) is 6.38. The Morgan fingerprint density at radius 2 is 1.86 bits per heavy atom. The summed E-state index contributed by atoms with van der Waals surface area (Å²) in [7, 11) is -2.12. The van der Waals surface area contributed by atoms with Gasteiger partial charge < -0.3 is 19.7 Å². The molecule has 0 spiro atoms. The summed E-state index contributed by atoms with van der Waals surface area (Å²) in [5, 5.41) is 3.20. The van der Waals surface area contributed by atoms with Crippen molar-refractivity contribution in [2.45, 2.75) is 24.7 Å². The first kappa shape index (κ1) is 22.6. The number of rotatable bonds is 11. The van der Waals surface area contributed by atoms with E-state index in [0.717, 1.165) is 13.1 Å². The van der Waals surface area contributed by atoms with Crippen LogP contribution in [0.2, 0.25) is 0 Å². The number of carbonyl (C=O) groups is 1. The molecule has 0 aromatic heterocycles. The summed E-state index contributed by atoms with van der Waals surface area (Å²) >= 11 is 0. The Labute approximate surface area is 167 Å². The molecule has 0 radical (unpaired) electrons. The molecular weight excluding hydrogens is 382 g/mol. The Bertz CT molecular complexity index is 703. The van der Waals surface area contributed by atoms with E-state index in [4.69, 9.17) is 9.47 Å². The highest BCUT2D eigenvalue weighted by molar-refractivity contribution is 7.89. The van der Waals surface area contributed by atoms with Crippen molar-refractivity contribution in [3.8, 4) is 5.75 Å². The molecule has 0 atom stereocenters. The fourth-order valence-corrected chi connectivity index (χ4v) is 4.53. The van der Waals surface area contributed by atoms with Crippen LogP contribution in [0.5, 0.6) is 5.75 Å². The third-order valence-corrected chi connectivity index (χ3v) is 6.49. The van der Waals surface area contributed by atoms with Crippen molar-refractivity contribution in [1.82, 2.24) is 14.5 Å². The first-order valence-corrected chi connectivity index (χ1v) is 11.1. The number of ether oxygens (including phenoxy) is 2. The van der Waals surface area contributed by atoms with Gasteiger partial charge in [0.15, 0.2) is 0 Å². The number of hydrogen-bond acceptors (Lipinski definition) is 6. The zero-order chi connectivity index (χ0) is 20.4. The summed E-state index contributed by atoms with van der Waals surface area (Å²) in [5.41, 5.74) is 0. The number of methoxy groups -OCH3 is 1. The summed E-state index contributed by atoms with van der Waals surface area (Å²) in [5.74, 6) is 0.612. The summed E-state index contributed by atoms with van der Waals surface area (Å²) in [6.07, 6.45) is 0.734. The average molecular weight is 414 g/mol. The molecule has 1 saturated heterocycles. The van der Waals surface area contributed by atoms with Crippen LogP contribution in [0.25, 0.3) is 0 Å². The van der Waals surface area contributed by atoms with E-state index in [1.54, 1.807) is 36.3 Å². The average Bonchev–Trinajstić information content (AvgIpc) is 2.71. The third-order valence-electron chi connectivity index (χ3n) is 4.57. The Morgan fingerprint density at radius 3 is 2.46 bits per heavy atom. The van der Waals surface area contributed by atoms with Gasteiger partial charge in [-0.15, -0.1) is 0 Å². The van der Waals surface area contributed by atoms with Crippen LogP contribution < -0.4 is 10.1 Å². The molecule has 1 fully saturated rings. The first-order valence-electron chi connectivity index (χ1n) is 9.69. The lowest BCUT2D eigenvalue weighted by molar-refractivity contribution is -0.131. The molecule has 1 heterocycles. The van der Waals surface area contributed by atoms with Gasteiger partial charge in [-0.2, -0.15) is 4.31 Å². The summed E-state index contributed by atoms with van der Waals surface area (Å²) < 4.78 is 38.0. The van der Waals surface area contributed by atoms with Gasteiger partial charge in [-0.05, 0) is 37.6 Å². The predicted octanol–water partition coefficient (Wildman–Crippen LogP) is 0.934. The highest BCUT2D eigenvalue weighted by Gasteiger charge is 2.26. The molecule has 1 N–H and O–H groups in total. The van der Waals surface area contributed by atoms with Crippen LogP contribution in [0.1, 0.15) is 19.8 Å². The molecule has 2 rings (SSSR count). The van der Waals surface area contributed by atoms with Crippen LogP contribution in [0, 0.1) is 0 Å². The lowest BCUT2D eigenvalue weighted by Gasteiger charge is -2.29. The Hall–Kier alpha value is -1.68. The molecule has 0 bridgehead atoms. The van der Waals surface area contributed by atoms with Crippen molar-refractivity contribution in [3.05, 3.63) is 24.3 Å². The normalized spacial score (nSPS) is 15.0. The number of carbonyl (C=O) groups excluding carboxylic acids is 1. The van der Waals surface area contributed by atoms with Gasteiger partial charge in [0, 0.05) is 59.4 Å². The van der Waals surface area contributed by atoms with E-state index < -0.39 is 10.0 Å². The molecule has 28 heavy (non-hydrogen) atoms. The zero-order valence-corrected chi connectivity index (χ0v) is 17.5. The molecule has 0 saturated carbocycles. The summed E-state index contributed by atoms with van der Waals surface area (Å²) in [4.78, 5) is 14.4. The SMILES string of the molecule is CCOc1ccc(S(=O)(=O)N(CCCOC)CCC(=O)N2CCNCC2)cc1.